The van der Waals surface area contributed by atoms with E-state index in [4.69, 9.17) is 0 Å². The monoisotopic (exact) mass is 214 g/mol. The smallest absolute Gasteiger partial charge is 0.0417 e. The van der Waals surface area contributed by atoms with E-state index in [1.165, 1.54) is 0 Å². The Morgan fingerprint density at radius 1 is 1.00 bits per heavy atom. The maximum Gasteiger partial charge on any atom is 0.0417 e. The van der Waals surface area contributed by atoms with Crippen LogP contribution < -0.4 is 10.2 Å². The first-order chi connectivity index (χ1) is 7.06. The van der Waals surface area contributed by atoms with Gasteiger partial charge in [0.25, 0.3) is 0 Å². The number of aliphatic carboxylic acids is 2. The van der Waals surface area contributed by atoms with Crippen molar-refractivity contribution in [2.75, 3.05) is 0 Å². The zero-order valence-electron chi connectivity index (χ0n) is 9.16. The lowest BCUT2D eigenvalue weighted by Gasteiger charge is -2.17. The Morgan fingerprint density at radius 3 is 1.93 bits per heavy atom. The van der Waals surface area contributed by atoms with E-state index in [1.54, 1.807) is 0 Å². The summed E-state index contributed by atoms with van der Waals surface area (Å²) in [5.41, 5.74) is 0. The Kier molecular flexibility index (Phi) is 7.68. The van der Waals surface area contributed by atoms with Crippen LogP contribution in [0.2, 0.25) is 0 Å². The highest BCUT2D eigenvalue weighted by Gasteiger charge is 2.09. The molecule has 4 heteroatoms. The molecule has 0 spiro atoms. The molecule has 0 unspecified atom stereocenters. The quantitative estimate of drug-likeness (QED) is 0.500. The maximum absolute atomic E-state index is 10.4. The van der Waals surface area contributed by atoms with Crippen molar-refractivity contribution >= 4 is 11.9 Å². The van der Waals surface area contributed by atoms with Crippen molar-refractivity contribution in [3.8, 4) is 0 Å². The van der Waals surface area contributed by atoms with Crippen LogP contribution in [0, 0.1) is 5.92 Å². The number of carbonyl (C=O) groups is 2. The zero-order chi connectivity index (χ0) is 11.7. The molecule has 0 saturated carbocycles. The first kappa shape index (κ1) is 13.9. The lowest BCUT2D eigenvalue weighted by molar-refractivity contribution is -0.309. The minimum Gasteiger partial charge on any atom is -0.550 e. The molecule has 0 fully saturated rings. The minimum absolute atomic E-state index is 0.180. The molecule has 0 N–H and O–H groups in total. The lowest BCUT2D eigenvalue weighted by Crippen LogP contribution is -2.30. The van der Waals surface area contributed by atoms with Crippen LogP contribution >= 0.6 is 0 Å². The van der Waals surface area contributed by atoms with Gasteiger partial charge in [-0.3, -0.25) is 0 Å². The van der Waals surface area contributed by atoms with E-state index in [9.17, 15) is 19.8 Å². The molecule has 0 aliphatic carbocycles. The first-order valence-corrected chi connectivity index (χ1v) is 5.46. The fraction of sp³-hybridized carbons (Fsp3) is 0.818. The zero-order valence-corrected chi connectivity index (χ0v) is 9.16. The van der Waals surface area contributed by atoms with Crippen LogP contribution in [0.4, 0.5) is 0 Å². The highest BCUT2D eigenvalue weighted by Crippen LogP contribution is 2.17. The van der Waals surface area contributed by atoms with Crippen LogP contribution in [0.3, 0.4) is 0 Å². The number of hydrogen-bond acceptors (Lipinski definition) is 4. The van der Waals surface area contributed by atoms with Crippen molar-refractivity contribution in [3.63, 3.8) is 0 Å². The first-order valence-electron chi connectivity index (χ1n) is 5.46. The molecule has 15 heavy (non-hydrogen) atoms. The molecule has 0 heterocycles. The van der Waals surface area contributed by atoms with Crippen molar-refractivity contribution < 1.29 is 19.8 Å². The Hall–Kier alpha value is -1.06. The van der Waals surface area contributed by atoms with Gasteiger partial charge < -0.3 is 19.8 Å². The second kappa shape index (κ2) is 8.26. The van der Waals surface area contributed by atoms with Gasteiger partial charge in [-0.1, -0.05) is 32.6 Å². The maximum atomic E-state index is 10.4. The molecule has 0 atom stereocenters. The van der Waals surface area contributed by atoms with Crippen LogP contribution in [0.5, 0.6) is 0 Å². The van der Waals surface area contributed by atoms with Gasteiger partial charge in [-0.25, -0.2) is 0 Å². The largest absolute Gasteiger partial charge is 0.550 e. The molecule has 0 radical (unpaired) electrons. The molecule has 0 aromatic carbocycles. The summed E-state index contributed by atoms with van der Waals surface area (Å²) >= 11 is 0. The Labute approximate surface area is 90.3 Å². The van der Waals surface area contributed by atoms with E-state index in [2.05, 4.69) is 6.92 Å². The Morgan fingerprint density at radius 2 is 1.53 bits per heavy atom. The van der Waals surface area contributed by atoms with Gasteiger partial charge in [0.15, 0.2) is 0 Å². The van der Waals surface area contributed by atoms with Gasteiger partial charge in [0.1, 0.15) is 0 Å². The molecule has 4 nitrogen and oxygen atoms in total. The van der Waals surface area contributed by atoms with Gasteiger partial charge in [0.05, 0.1) is 0 Å². The summed E-state index contributed by atoms with van der Waals surface area (Å²) in [6.07, 6.45) is 4.36. The molecule has 0 aliphatic heterocycles. The van der Waals surface area contributed by atoms with Crippen LogP contribution in [0.25, 0.3) is 0 Å². The summed E-state index contributed by atoms with van der Waals surface area (Å²) in [4.78, 5) is 20.7. The summed E-state index contributed by atoms with van der Waals surface area (Å²) < 4.78 is 0. The van der Waals surface area contributed by atoms with Gasteiger partial charge in [0.2, 0.25) is 0 Å². The lowest BCUT2D eigenvalue weighted by atomic mass is 9.94. The van der Waals surface area contributed by atoms with Crippen LogP contribution in [-0.2, 0) is 9.59 Å². The molecular formula is C11H18O4-2. The van der Waals surface area contributed by atoms with Crippen molar-refractivity contribution in [1.29, 1.82) is 0 Å². The molecule has 0 saturated heterocycles. The highest BCUT2D eigenvalue weighted by molar-refractivity contribution is 5.68. The molecule has 0 aliphatic rings. The number of carboxylic acid groups (broad SMARTS) is 2. The number of carboxylic acids is 2. The van der Waals surface area contributed by atoms with E-state index < -0.39 is 11.9 Å². The van der Waals surface area contributed by atoms with Gasteiger partial charge in [-0.05, 0) is 25.2 Å². The number of rotatable bonds is 9. The molecule has 0 amide bonds. The third kappa shape index (κ3) is 9.25. The van der Waals surface area contributed by atoms with E-state index in [-0.39, 0.29) is 18.8 Å². The fourth-order valence-electron chi connectivity index (χ4n) is 1.61. The summed E-state index contributed by atoms with van der Waals surface area (Å²) in [6.45, 7) is 2.08. The molecular weight excluding hydrogens is 196 g/mol. The topological polar surface area (TPSA) is 80.3 Å². The number of carbonyl (C=O) groups excluding carboxylic acids is 2. The predicted molar refractivity (Wildman–Crippen MR) is 51.5 cm³/mol. The number of hydrogen-bond donors (Lipinski definition) is 0. The van der Waals surface area contributed by atoms with Crippen molar-refractivity contribution in [2.45, 2.75) is 51.9 Å². The van der Waals surface area contributed by atoms with Gasteiger partial charge >= 0.3 is 0 Å². The second-order valence-electron chi connectivity index (χ2n) is 3.87. The van der Waals surface area contributed by atoms with E-state index >= 15 is 0 Å². The van der Waals surface area contributed by atoms with Crippen LogP contribution in [-0.4, -0.2) is 11.9 Å². The molecule has 0 aromatic rings. The van der Waals surface area contributed by atoms with Gasteiger partial charge in [-0.2, -0.15) is 0 Å². The Bertz CT molecular complexity index is 185. The van der Waals surface area contributed by atoms with Crippen molar-refractivity contribution in [1.82, 2.24) is 0 Å². The SMILES string of the molecule is CCCCCCC(CC(=O)[O-])CC(=O)[O-]. The van der Waals surface area contributed by atoms with Crippen LogP contribution in [0.1, 0.15) is 51.9 Å². The Balaban J connectivity index is 3.79. The molecule has 0 bridgehead atoms. The normalized spacial score (nSPS) is 10.5. The number of unbranched alkanes of at least 4 members (excludes halogenated alkanes) is 3. The molecule has 0 rings (SSSR count). The van der Waals surface area contributed by atoms with Crippen LogP contribution in [0.15, 0.2) is 0 Å². The van der Waals surface area contributed by atoms with Crippen molar-refractivity contribution in [2.24, 2.45) is 5.92 Å². The summed E-state index contributed by atoms with van der Waals surface area (Å²) in [5, 5.41) is 20.7. The summed E-state index contributed by atoms with van der Waals surface area (Å²) in [6, 6.07) is 0. The summed E-state index contributed by atoms with van der Waals surface area (Å²) in [7, 11) is 0. The fourth-order valence-corrected chi connectivity index (χ4v) is 1.61. The third-order valence-corrected chi connectivity index (χ3v) is 2.38. The van der Waals surface area contributed by atoms with Gasteiger partial charge in [0, 0.05) is 11.9 Å². The van der Waals surface area contributed by atoms with Gasteiger partial charge in [-0.15, -0.1) is 0 Å². The summed E-state index contributed by atoms with van der Waals surface area (Å²) in [5.74, 6) is -2.70. The molecule has 88 valence electrons. The highest BCUT2D eigenvalue weighted by atomic mass is 16.4. The van der Waals surface area contributed by atoms with E-state index in [0.29, 0.717) is 6.42 Å². The second-order valence-corrected chi connectivity index (χ2v) is 3.87. The van der Waals surface area contributed by atoms with E-state index in [0.717, 1.165) is 25.7 Å². The molecule has 0 aromatic heterocycles. The average Bonchev–Trinajstić information content (AvgIpc) is 2.10. The third-order valence-electron chi connectivity index (χ3n) is 2.38. The van der Waals surface area contributed by atoms with E-state index in [1.807, 2.05) is 0 Å². The van der Waals surface area contributed by atoms with Crippen molar-refractivity contribution in [3.05, 3.63) is 0 Å². The standard InChI is InChI=1S/C11H20O4/c1-2-3-4-5-6-9(7-10(12)13)8-11(14)15/h9H,2-8H2,1H3,(H,12,13)(H,14,15)/p-2. The average molecular weight is 214 g/mol. The minimum atomic E-state index is -1.18. The predicted octanol–water partition coefficient (Wildman–Crippen LogP) is -0.147.